The van der Waals surface area contributed by atoms with Crippen molar-refractivity contribution in [2.45, 2.75) is 30.7 Å². The highest BCUT2D eigenvalue weighted by atomic mass is 19.1. The van der Waals surface area contributed by atoms with E-state index >= 15 is 0 Å². The summed E-state index contributed by atoms with van der Waals surface area (Å²) in [7, 11) is 0. The number of hydrogen-bond acceptors (Lipinski definition) is 4. The average molecular weight is 468 g/mol. The largest absolute Gasteiger partial charge is 0.479 e. The van der Waals surface area contributed by atoms with Gasteiger partial charge in [0.1, 0.15) is 5.82 Å². The van der Waals surface area contributed by atoms with Gasteiger partial charge in [-0.1, -0.05) is 36.4 Å². The Morgan fingerprint density at radius 1 is 1.09 bits per heavy atom. The summed E-state index contributed by atoms with van der Waals surface area (Å²) in [6.07, 6.45) is 1.40. The van der Waals surface area contributed by atoms with Gasteiger partial charge in [0.15, 0.2) is 17.5 Å². The van der Waals surface area contributed by atoms with Gasteiger partial charge in [-0.25, -0.2) is 9.18 Å². The van der Waals surface area contributed by atoms with Gasteiger partial charge >= 0.3 is 5.97 Å². The van der Waals surface area contributed by atoms with Gasteiger partial charge in [0.25, 0.3) is 0 Å². The summed E-state index contributed by atoms with van der Waals surface area (Å²) < 4.78 is 27.1. The number of halogens is 1. The quantitative estimate of drug-likeness (QED) is 0.449. The van der Waals surface area contributed by atoms with Crippen molar-refractivity contribution in [1.82, 2.24) is 4.57 Å². The zero-order valence-corrected chi connectivity index (χ0v) is 18.7. The van der Waals surface area contributed by atoms with Gasteiger partial charge in [-0.2, -0.15) is 5.26 Å². The van der Waals surface area contributed by atoms with Crippen LogP contribution in [-0.2, 0) is 23.1 Å². The second-order valence-electron chi connectivity index (χ2n) is 9.05. The van der Waals surface area contributed by atoms with Crippen LogP contribution in [0.2, 0.25) is 0 Å². The van der Waals surface area contributed by atoms with Gasteiger partial charge in [-0.05, 0) is 66.3 Å². The molecule has 174 valence electrons. The second-order valence-corrected chi connectivity index (χ2v) is 9.05. The van der Waals surface area contributed by atoms with E-state index < -0.39 is 23.2 Å². The van der Waals surface area contributed by atoms with Crippen molar-refractivity contribution < 1.29 is 23.8 Å². The van der Waals surface area contributed by atoms with E-state index in [9.17, 15) is 19.6 Å². The molecule has 1 N–H and O–H groups in total. The van der Waals surface area contributed by atoms with Crippen molar-refractivity contribution in [3.05, 3.63) is 94.9 Å². The number of aromatic nitrogens is 1. The van der Waals surface area contributed by atoms with Crippen LogP contribution in [0, 0.1) is 17.1 Å². The summed E-state index contributed by atoms with van der Waals surface area (Å²) >= 11 is 0. The Hall–Kier alpha value is -4.31. The van der Waals surface area contributed by atoms with Gasteiger partial charge < -0.3 is 19.1 Å². The Balaban J connectivity index is 1.56. The lowest BCUT2D eigenvalue weighted by Gasteiger charge is -2.33. The molecule has 7 heteroatoms. The monoisotopic (exact) mass is 468 g/mol. The van der Waals surface area contributed by atoms with Crippen molar-refractivity contribution in [1.29, 1.82) is 5.26 Å². The normalized spacial score (nSPS) is 19.2. The molecule has 1 aliphatic carbocycles. The van der Waals surface area contributed by atoms with Gasteiger partial charge in [-0.15, -0.1) is 0 Å². The minimum atomic E-state index is -1.05. The molecule has 2 aliphatic rings. The number of nitriles is 1. The predicted molar refractivity (Wildman–Crippen MR) is 126 cm³/mol. The first-order valence-corrected chi connectivity index (χ1v) is 11.4. The smallest absolute Gasteiger partial charge is 0.331 e. The highest BCUT2D eigenvalue weighted by Crippen LogP contribution is 2.45. The van der Waals surface area contributed by atoms with E-state index in [4.69, 9.17) is 9.47 Å². The summed E-state index contributed by atoms with van der Waals surface area (Å²) in [5.41, 5.74) is 2.95. The standard InChI is InChI=1S/C28H21FN2O4/c29-19-7-8-22-20(13-19)21-14-28(15-30,18-4-2-1-3-5-18)11-10-23(21)31(22)26(27(32)33)17-6-9-24-25(12-17)35-16-34-24/h1-9,12-13,26H,10-11,14,16H2,(H,32,33). The molecule has 2 atom stereocenters. The predicted octanol–water partition coefficient (Wildman–Crippen LogP) is 5.13. The highest BCUT2D eigenvalue weighted by molar-refractivity contribution is 5.89. The van der Waals surface area contributed by atoms with Gasteiger partial charge in [0.2, 0.25) is 6.79 Å². The van der Waals surface area contributed by atoms with Crippen LogP contribution in [0.25, 0.3) is 10.9 Å². The first-order chi connectivity index (χ1) is 17.0. The fourth-order valence-corrected chi connectivity index (χ4v) is 5.54. The molecule has 0 spiro atoms. The number of nitrogens with zero attached hydrogens (tertiary/aromatic N) is 2. The number of aliphatic carboxylic acids is 1. The Kier molecular flexibility index (Phi) is 4.78. The molecular weight excluding hydrogens is 447 g/mol. The summed E-state index contributed by atoms with van der Waals surface area (Å²) in [6.45, 7) is 0.0907. The van der Waals surface area contributed by atoms with Gasteiger partial charge in [0.05, 0.1) is 11.5 Å². The SMILES string of the molecule is N#CC1(c2ccccc2)CCc2c(c3cc(F)ccc3n2C(C(=O)O)c2ccc3c(c2)OCO3)C1. The summed E-state index contributed by atoms with van der Waals surface area (Å²) in [5.74, 6) is -0.368. The minimum Gasteiger partial charge on any atom is -0.479 e. The zero-order chi connectivity index (χ0) is 24.2. The average Bonchev–Trinajstić information content (AvgIpc) is 3.46. The van der Waals surface area contributed by atoms with E-state index in [1.165, 1.54) is 12.1 Å². The van der Waals surface area contributed by atoms with Crippen molar-refractivity contribution in [2.75, 3.05) is 6.79 Å². The first-order valence-electron chi connectivity index (χ1n) is 11.4. The topological polar surface area (TPSA) is 84.5 Å². The lowest BCUT2D eigenvalue weighted by Crippen LogP contribution is -2.33. The first kappa shape index (κ1) is 21.2. The molecule has 0 saturated carbocycles. The number of carboxylic acids is 1. The van der Waals surface area contributed by atoms with Crippen LogP contribution in [-0.4, -0.2) is 22.4 Å². The fourth-order valence-electron chi connectivity index (χ4n) is 5.54. The maximum Gasteiger partial charge on any atom is 0.331 e. The minimum absolute atomic E-state index is 0.0907. The lowest BCUT2D eigenvalue weighted by atomic mass is 9.69. The van der Waals surface area contributed by atoms with Crippen LogP contribution in [0.3, 0.4) is 0 Å². The molecule has 2 heterocycles. The number of carboxylic acid groups (broad SMARTS) is 1. The second kappa shape index (κ2) is 7.88. The van der Waals surface area contributed by atoms with Crippen LogP contribution < -0.4 is 9.47 Å². The number of benzene rings is 3. The van der Waals surface area contributed by atoms with Crippen molar-refractivity contribution in [2.24, 2.45) is 0 Å². The van der Waals surface area contributed by atoms with Crippen LogP contribution in [0.1, 0.15) is 34.8 Å². The van der Waals surface area contributed by atoms with Crippen LogP contribution >= 0.6 is 0 Å². The number of ether oxygens (including phenoxy) is 2. The van der Waals surface area contributed by atoms with Crippen molar-refractivity contribution in [3.63, 3.8) is 0 Å². The van der Waals surface area contributed by atoms with E-state index in [-0.39, 0.29) is 6.79 Å². The van der Waals surface area contributed by atoms with E-state index in [0.29, 0.717) is 47.2 Å². The molecule has 0 bridgehead atoms. The molecule has 4 aromatic rings. The molecule has 0 saturated heterocycles. The maximum atomic E-state index is 14.4. The van der Waals surface area contributed by atoms with Crippen LogP contribution in [0.5, 0.6) is 11.5 Å². The Morgan fingerprint density at radius 3 is 2.66 bits per heavy atom. The van der Waals surface area contributed by atoms with Crippen molar-refractivity contribution in [3.8, 4) is 17.6 Å². The molecule has 35 heavy (non-hydrogen) atoms. The molecule has 0 amide bonds. The molecule has 1 aromatic heterocycles. The fraction of sp³-hybridized carbons (Fsp3) is 0.214. The van der Waals surface area contributed by atoms with E-state index in [1.54, 1.807) is 28.8 Å². The Bertz CT molecular complexity index is 1520. The number of rotatable bonds is 4. The van der Waals surface area contributed by atoms with Gasteiger partial charge in [-0.3, -0.25) is 0 Å². The number of fused-ring (bicyclic) bond motifs is 4. The Morgan fingerprint density at radius 2 is 1.89 bits per heavy atom. The summed E-state index contributed by atoms with van der Waals surface area (Å²) in [6, 6.07) is 20.6. The maximum absolute atomic E-state index is 14.4. The van der Waals surface area contributed by atoms with E-state index in [1.807, 2.05) is 30.3 Å². The van der Waals surface area contributed by atoms with Crippen LogP contribution in [0.4, 0.5) is 4.39 Å². The third-order valence-electron chi connectivity index (χ3n) is 7.19. The Labute approximate surface area is 200 Å². The molecule has 6 nitrogen and oxygen atoms in total. The number of hydrogen-bond donors (Lipinski definition) is 1. The molecule has 1 aliphatic heterocycles. The van der Waals surface area contributed by atoms with Crippen LogP contribution in [0.15, 0.2) is 66.7 Å². The molecule has 3 aromatic carbocycles. The summed E-state index contributed by atoms with van der Waals surface area (Å²) in [4.78, 5) is 12.7. The molecule has 6 rings (SSSR count). The summed E-state index contributed by atoms with van der Waals surface area (Å²) in [5, 5.41) is 21.3. The van der Waals surface area contributed by atoms with E-state index in [2.05, 4.69) is 6.07 Å². The van der Waals surface area contributed by atoms with Crippen molar-refractivity contribution >= 4 is 16.9 Å². The third-order valence-corrected chi connectivity index (χ3v) is 7.19. The van der Waals surface area contributed by atoms with E-state index in [0.717, 1.165) is 16.8 Å². The molecular formula is C28H21FN2O4. The molecule has 2 unspecified atom stereocenters. The van der Waals surface area contributed by atoms with Gasteiger partial charge in [0, 0.05) is 16.6 Å². The third kappa shape index (κ3) is 3.25. The highest BCUT2D eigenvalue weighted by Gasteiger charge is 2.41. The molecule has 0 radical (unpaired) electrons. The molecule has 0 fully saturated rings. The lowest BCUT2D eigenvalue weighted by molar-refractivity contribution is -0.139. The zero-order valence-electron chi connectivity index (χ0n) is 18.7. The number of carbonyl (C=O) groups is 1.